The fourth-order valence-electron chi connectivity index (χ4n) is 3.28. The Morgan fingerprint density at radius 2 is 2.04 bits per heavy atom. The van der Waals surface area contributed by atoms with Crippen LogP contribution in [0.25, 0.3) is 0 Å². The van der Waals surface area contributed by atoms with E-state index in [9.17, 15) is 9.59 Å². The predicted molar refractivity (Wildman–Crippen MR) is 105 cm³/mol. The zero-order valence-corrected chi connectivity index (χ0v) is 15.3. The van der Waals surface area contributed by atoms with Crippen molar-refractivity contribution in [2.24, 2.45) is 5.92 Å². The van der Waals surface area contributed by atoms with Crippen LogP contribution in [0.15, 0.2) is 71.8 Å². The first kappa shape index (κ1) is 17.5. The normalized spacial score (nSPS) is 18.1. The van der Waals surface area contributed by atoms with Crippen LogP contribution in [-0.4, -0.2) is 15.5 Å². The van der Waals surface area contributed by atoms with Crippen LogP contribution < -0.4 is 11.0 Å². The summed E-state index contributed by atoms with van der Waals surface area (Å²) in [7, 11) is 0. The fourth-order valence-corrected chi connectivity index (χ4v) is 3.48. The van der Waals surface area contributed by atoms with E-state index in [1.165, 1.54) is 10.8 Å². The van der Waals surface area contributed by atoms with Gasteiger partial charge in [-0.1, -0.05) is 35.9 Å². The van der Waals surface area contributed by atoms with Crippen molar-refractivity contribution in [3.05, 3.63) is 93.6 Å². The van der Waals surface area contributed by atoms with Gasteiger partial charge >= 0.3 is 5.69 Å². The lowest BCUT2D eigenvalue weighted by molar-refractivity contribution is -0.117. The van der Waals surface area contributed by atoms with Gasteiger partial charge in [0.25, 0.3) is 0 Å². The molecule has 0 spiro atoms. The third kappa shape index (κ3) is 4.09. The van der Waals surface area contributed by atoms with Gasteiger partial charge in [-0.25, -0.2) is 9.78 Å². The lowest BCUT2D eigenvalue weighted by Crippen LogP contribution is -2.22. The van der Waals surface area contributed by atoms with E-state index in [1.54, 1.807) is 12.3 Å². The minimum absolute atomic E-state index is 0.00988. The molecule has 3 aromatic rings. The van der Waals surface area contributed by atoms with Gasteiger partial charge in [0.1, 0.15) is 0 Å². The molecule has 1 aliphatic carbocycles. The lowest BCUT2D eigenvalue weighted by Gasteiger charge is -2.09. The average Bonchev–Trinajstić information content (AvgIpc) is 3.45. The van der Waals surface area contributed by atoms with Gasteiger partial charge in [-0.15, -0.1) is 0 Å². The van der Waals surface area contributed by atoms with Crippen molar-refractivity contribution in [1.29, 1.82) is 0 Å². The van der Waals surface area contributed by atoms with E-state index in [-0.39, 0.29) is 23.4 Å². The molecule has 1 aliphatic rings. The van der Waals surface area contributed by atoms with E-state index in [4.69, 9.17) is 11.6 Å². The fraction of sp³-hybridized carbons (Fsp3) is 0.190. The van der Waals surface area contributed by atoms with Crippen LogP contribution in [0.3, 0.4) is 0 Å². The summed E-state index contributed by atoms with van der Waals surface area (Å²) in [4.78, 5) is 28.1. The minimum atomic E-state index is -0.297. The second kappa shape index (κ2) is 7.37. The van der Waals surface area contributed by atoms with Gasteiger partial charge in [-0.3, -0.25) is 9.36 Å². The molecule has 27 heavy (non-hydrogen) atoms. The number of rotatable bonds is 5. The molecule has 2 aromatic carbocycles. The predicted octanol–water partition coefficient (Wildman–Crippen LogP) is 3.69. The second-order valence-corrected chi connectivity index (χ2v) is 7.16. The molecule has 1 amide bonds. The maximum atomic E-state index is 12.6. The number of anilines is 1. The summed E-state index contributed by atoms with van der Waals surface area (Å²) in [5.74, 6) is 0.199. The van der Waals surface area contributed by atoms with Crippen LogP contribution in [0, 0.1) is 5.92 Å². The quantitative estimate of drug-likeness (QED) is 0.735. The first-order chi connectivity index (χ1) is 13.1. The summed E-state index contributed by atoms with van der Waals surface area (Å²) in [6, 6.07) is 16.9. The van der Waals surface area contributed by atoms with Crippen molar-refractivity contribution in [3.8, 4) is 0 Å². The summed E-state index contributed by atoms with van der Waals surface area (Å²) in [6.07, 6.45) is 4.00. The highest BCUT2D eigenvalue weighted by atomic mass is 35.5. The zero-order chi connectivity index (χ0) is 18.8. The number of hydrogen-bond donors (Lipinski definition) is 1. The molecule has 5 nitrogen and oxygen atoms in total. The second-order valence-electron chi connectivity index (χ2n) is 6.72. The number of benzene rings is 2. The Balaban J connectivity index is 1.42. The number of carbonyl (C=O) groups excluding carboxylic acids is 1. The monoisotopic (exact) mass is 379 g/mol. The minimum Gasteiger partial charge on any atom is -0.326 e. The topological polar surface area (TPSA) is 64.0 Å². The highest BCUT2D eigenvalue weighted by molar-refractivity contribution is 6.30. The number of carbonyl (C=O) groups is 1. The lowest BCUT2D eigenvalue weighted by atomic mass is 10.1. The van der Waals surface area contributed by atoms with Crippen LogP contribution in [0.4, 0.5) is 5.69 Å². The number of aromatic nitrogens is 2. The standard InChI is InChI=1S/C21H18ClN3O2/c22-16-6-2-5-15(11-16)18-12-19(18)20(26)24-17-7-1-4-14(10-17)13-25-9-3-8-23-21(25)27/h1-11,18-19H,12-13H2,(H,24,26)/t18-,19-/m1/s1. The van der Waals surface area contributed by atoms with Crippen molar-refractivity contribution in [2.75, 3.05) is 5.32 Å². The Labute approximate surface area is 161 Å². The highest BCUT2D eigenvalue weighted by Crippen LogP contribution is 2.48. The molecule has 1 fully saturated rings. The van der Waals surface area contributed by atoms with E-state index in [0.717, 1.165) is 23.2 Å². The first-order valence-electron chi connectivity index (χ1n) is 8.77. The van der Waals surface area contributed by atoms with Gasteiger partial charge in [0.05, 0.1) is 6.54 Å². The van der Waals surface area contributed by atoms with E-state index in [2.05, 4.69) is 10.3 Å². The highest BCUT2D eigenvalue weighted by Gasteiger charge is 2.43. The van der Waals surface area contributed by atoms with Crippen LogP contribution in [0.1, 0.15) is 23.5 Å². The molecule has 4 rings (SSSR count). The van der Waals surface area contributed by atoms with Crippen molar-refractivity contribution in [3.63, 3.8) is 0 Å². The maximum Gasteiger partial charge on any atom is 0.347 e. The van der Waals surface area contributed by atoms with Gasteiger partial charge in [0.2, 0.25) is 5.91 Å². The van der Waals surface area contributed by atoms with Gasteiger partial charge in [-0.05, 0) is 53.8 Å². The number of halogens is 1. The van der Waals surface area contributed by atoms with E-state index in [0.29, 0.717) is 11.6 Å². The summed E-state index contributed by atoms with van der Waals surface area (Å²) in [5, 5.41) is 3.68. The van der Waals surface area contributed by atoms with E-state index < -0.39 is 0 Å². The summed E-state index contributed by atoms with van der Waals surface area (Å²) in [5.41, 5.74) is 2.46. The molecule has 2 atom stereocenters. The van der Waals surface area contributed by atoms with Crippen molar-refractivity contribution in [2.45, 2.75) is 18.9 Å². The molecule has 1 N–H and O–H groups in total. The molecule has 0 unspecified atom stereocenters. The average molecular weight is 380 g/mol. The molecule has 1 heterocycles. The molecular weight excluding hydrogens is 362 g/mol. The number of amides is 1. The molecule has 0 saturated heterocycles. The zero-order valence-electron chi connectivity index (χ0n) is 14.5. The van der Waals surface area contributed by atoms with Gasteiger partial charge in [0.15, 0.2) is 0 Å². The summed E-state index contributed by atoms with van der Waals surface area (Å²) in [6.45, 7) is 0.408. The molecule has 1 aromatic heterocycles. The number of nitrogens with zero attached hydrogens (tertiary/aromatic N) is 2. The molecule has 6 heteroatoms. The molecule has 0 radical (unpaired) electrons. The third-order valence-electron chi connectivity index (χ3n) is 4.73. The van der Waals surface area contributed by atoms with Crippen LogP contribution in [-0.2, 0) is 11.3 Å². The Bertz CT molecular complexity index is 1050. The largest absolute Gasteiger partial charge is 0.347 e. The summed E-state index contributed by atoms with van der Waals surface area (Å²) >= 11 is 6.04. The van der Waals surface area contributed by atoms with Crippen LogP contribution in [0.5, 0.6) is 0 Å². The molecule has 1 saturated carbocycles. The van der Waals surface area contributed by atoms with Crippen LogP contribution >= 0.6 is 11.6 Å². The van der Waals surface area contributed by atoms with Crippen molar-refractivity contribution < 1.29 is 4.79 Å². The van der Waals surface area contributed by atoms with Crippen molar-refractivity contribution in [1.82, 2.24) is 9.55 Å². The van der Waals surface area contributed by atoms with E-state index in [1.807, 2.05) is 48.5 Å². The first-order valence-corrected chi connectivity index (χ1v) is 9.15. The van der Waals surface area contributed by atoms with E-state index >= 15 is 0 Å². The Morgan fingerprint density at radius 3 is 2.85 bits per heavy atom. The number of nitrogens with one attached hydrogen (secondary N) is 1. The molecule has 136 valence electrons. The SMILES string of the molecule is O=C(Nc1cccc(Cn2cccnc2=O)c1)[C@@H]1C[C@@H]1c1cccc(Cl)c1. The Hall–Kier alpha value is -2.92. The molecule has 0 bridgehead atoms. The van der Waals surface area contributed by atoms with Gasteiger partial charge in [0, 0.05) is 29.0 Å². The van der Waals surface area contributed by atoms with Crippen LogP contribution in [0.2, 0.25) is 5.02 Å². The smallest absolute Gasteiger partial charge is 0.326 e. The van der Waals surface area contributed by atoms with Gasteiger partial charge < -0.3 is 5.32 Å². The molecule has 0 aliphatic heterocycles. The Kier molecular flexibility index (Phi) is 4.77. The maximum absolute atomic E-state index is 12.6. The Morgan fingerprint density at radius 1 is 1.19 bits per heavy atom. The molecular formula is C21H18ClN3O2. The third-order valence-corrected chi connectivity index (χ3v) is 4.97. The van der Waals surface area contributed by atoms with Crippen molar-refractivity contribution >= 4 is 23.2 Å². The number of hydrogen-bond acceptors (Lipinski definition) is 3. The summed E-state index contributed by atoms with van der Waals surface area (Å²) < 4.78 is 1.52. The van der Waals surface area contributed by atoms with Gasteiger partial charge in [-0.2, -0.15) is 0 Å².